The van der Waals surface area contributed by atoms with E-state index >= 15 is 0 Å². The largest absolute Gasteiger partial charge is 0.495 e. The van der Waals surface area contributed by atoms with Crippen LogP contribution in [0.3, 0.4) is 0 Å². The zero-order chi connectivity index (χ0) is 14.2. The zero-order valence-corrected chi connectivity index (χ0v) is 11.9. The number of anilines is 2. The summed E-state index contributed by atoms with van der Waals surface area (Å²) in [5.41, 5.74) is 8.53. The molecule has 1 heterocycles. The summed E-state index contributed by atoms with van der Waals surface area (Å²) in [5, 5.41) is 0. The van der Waals surface area contributed by atoms with Crippen molar-refractivity contribution in [2.24, 2.45) is 0 Å². The molecule has 0 spiro atoms. The van der Waals surface area contributed by atoms with E-state index in [4.69, 9.17) is 10.5 Å². The fraction of sp³-hybridized carbons (Fsp3) is 0.500. The van der Waals surface area contributed by atoms with Gasteiger partial charge in [0.1, 0.15) is 5.75 Å². The van der Waals surface area contributed by atoms with Crippen LogP contribution in [0.15, 0.2) is 12.1 Å². The molecule has 0 saturated carbocycles. The van der Waals surface area contributed by atoms with Gasteiger partial charge >= 0.3 is 0 Å². The molecule has 5 nitrogen and oxygen atoms in total. The van der Waals surface area contributed by atoms with Crippen molar-refractivity contribution < 1.29 is 9.53 Å². The summed E-state index contributed by atoms with van der Waals surface area (Å²) in [5.74, 6) is 0.780. The highest BCUT2D eigenvalue weighted by Crippen LogP contribution is 2.36. The number of carbonyl (C=O) groups excluding carboxylic acids is 1. The van der Waals surface area contributed by atoms with Gasteiger partial charge in [0.05, 0.1) is 18.8 Å². The third kappa shape index (κ3) is 2.38. The Morgan fingerprint density at radius 1 is 1.47 bits per heavy atom. The van der Waals surface area contributed by atoms with Crippen LogP contribution in [0.25, 0.3) is 0 Å². The predicted octanol–water partition coefficient (Wildman–Crippen LogP) is 1.12. The number of nitrogens with two attached hydrogens (primary N) is 1. The van der Waals surface area contributed by atoms with Gasteiger partial charge in [0.2, 0.25) is 5.91 Å². The summed E-state index contributed by atoms with van der Waals surface area (Å²) in [6.45, 7) is 2.62. The average molecular weight is 263 g/mol. The van der Waals surface area contributed by atoms with Gasteiger partial charge in [-0.25, -0.2) is 0 Å². The molecule has 1 unspecified atom stereocenters. The molecule has 0 aliphatic carbocycles. The number of carbonyl (C=O) groups is 1. The molecule has 0 aromatic heterocycles. The first-order chi connectivity index (χ1) is 8.95. The van der Waals surface area contributed by atoms with E-state index in [2.05, 4.69) is 0 Å². The van der Waals surface area contributed by atoms with E-state index < -0.39 is 0 Å². The minimum atomic E-state index is -0.144. The van der Waals surface area contributed by atoms with E-state index in [9.17, 15) is 4.79 Å². The first-order valence-electron chi connectivity index (χ1n) is 6.40. The molecule has 0 fully saturated rings. The highest BCUT2D eigenvalue weighted by atomic mass is 16.5. The van der Waals surface area contributed by atoms with Gasteiger partial charge in [-0.15, -0.1) is 0 Å². The van der Waals surface area contributed by atoms with Gasteiger partial charge in [-0.1, -0.05) is 0 Å². The lowest BCUT2D eigenvalue weighted by atomic mass is 10.1. The summed E-state index contributed by atoms with van der Waals surface area (Å²) >= 11 is 0. The van der Waals surface area contributed by atoms with Crippen LogP contribution in [-0.4, -0.2) is 44.6 Å². The molecular weight excluding hydrogens is 242 g/mol. The predicted molar refractivity (Wildman–Crippen MR) is 76.6 cm³/mol. The van der Waals surface area contributed by atoms with Crippen molar-refractivity contribution in [3.8, 4) is 5.75 Å². The van der Waals surface area contributed by atoms with E-state index in [0.29, 0.717) is 18.0 Å². The summed E-state index contributed by atoms with van der Waals surface area (Å²) in [4.78, 5) is 16.2. The van der Waals surface area contributed by atoms with Gasteiger partial charge in [0, 0.05) is 12.2 Å². The number of fused-ring (bicyclic) bond motifs is 1. The van der Waals surface area contributed by atoms with Crippen LogP contribution in [0.1, 0.15) is 12.5 Å². The number of ether oxygens (including phenoxy) is 1. The van der Waals surface area contributed by atoms with Crippen molar-refractivity contribution in [1.82, 2.24) is 4.90 Å². The highest BCUT2D eigenvalue weighted by molar-refractivity contribution is 5.99. The third-order valence-electron chi connectivity index (χ3n) is 3.72. The monoisotopic (exact) mass is 263 g/mol. The Morgan fingerprint density at radius 3 is 2.74 bits per heavy atom. The van der Waals surface area contributed by atoms with E-state index in [1.165, 1.54) is 0 Å². The van der Waals surface area contributed by atoms with Gasteiger partial charge in [-0.2, -0.15) is 0 Å². The van der Waals surface area contributed by atoms with Gasteiger partial charge in [0.15, 0.2) is 0 Å². The lowest BCUT2D eigenvalue weighted by molar-refractivity contribution is -0.122. The molecule has 1 aliphatic rings. The molecule has 1 atom stereocenters. The van der Waals surface area contributed by atoms with Crippen molar-refractivity contribution in [3.63, 3.8) is 0 Å². The molecule has 0 bridgehead atoms. The molecule has 1 aromatic rings. The number of nitrogen functional groups attached to an aromatic ring is 1. The normalized spacial score (nSPS) is 15.5. The Labute approximate surface area is 113 Å². The fourth-order valence-corrected chi connectivity index (χ4v) is 2.28. The summed E-state index contributed by atoms with van der Waals surface area (Å²) in [6.07, 6.45) is 0.845. The maximum Gasteiger partial charge on any atom is 0.244 e. The molecule has 1 aromatic carbocycles. The van der Waals surface area contributed by atoms with Gasteiger partial charge in [-0.3, -0.25) is 9.69 Å². The number of nitrogens with zero attached hydrogens (tertiary/aromatic N) is 2. The van der Waals surface area contributed by atoms with Crippen LogP contribution in [0.2, 0.25) is 0 Å². The number of benzene rings is 1. The van der Waals surface area contributed by atoms with Crippen LogP contribution >= 0.6 is 0 Å². The number of amides is 1. The van der Waals surface area contributed by atoms with Gasteiger partial charge in [-0.05, 0) is 45.1 Å². The Kier molecular flexibility index (Phi) is 3.66. The lowest BCUT2D eigenvalue weighted by Crippen LogP contribution is -2.43. The second-order valence-corrected chi connectivity index (χ2v) is 5.10. The first-order valence-corrected chi connectivity index (χ1v) is 6.40. The van der Waals surface area contributed by atoms with Crippen LogP contribution in [0, 0.1) is 0 Å². The Morgan fingerprint density at radius 2 is 2.16 bits per heavy atom. The van der Waals surface area contributed by atoms with Crippen molar-refractivity contribution in [2.75, 3.05) is 38.4 Å². The Hall–Kier alpha value is -1.75. The molecule has 19 heavy (non-hydrogen) atoms. The van der Waals surface area contributed by atoms with Crippen molar-refractivity contribution >= 4 is 17.3 Å². The van der Waals surface area contributed by atoms with Gasteiger partial charge in [0.25, 0.3) is 0 Å². The maximum atomic E-state index is 12.4. The fourth-order valence-electron chi connectivity index (χ4n) is 2.28. The van der Waals surface area contributed by atoms with Crippen LogP contribution < -0.4 is 15.4 Å². The highest BCUT2D eigenvalue weighted by Gasteiger charge is 2.29. The Balaban J connectivity index is 2.32. The maximum absolute atomic E-state index is 12.4. The number of rotatable bonds is 3. The smallest absolute Gasteiger partial charge is 0.244 e. The number of methoxy groups -OCH3 is 1. The lowest BCUT2D eigenvalue weighted by Gasteiger charge is -2.26. The number of likely N-dealkylation sites (N-methyl/N-ethyl adjacent to an activating group) is 1. The van der Waals surface area contributed by atoms with Crippen LogP contribution in [-0.2, 0) is 11.2 Å². The number of hydrogen-bond donors (Lipinski definition) is 1. The minimum absolute atomic E-state index is 0.105. The van der Waals surface area contributed by atoms with E-state index in [1.54, 1.807) is 7.11 Å². The second-order valence-electron chi connectivity index (χ2n) is 5.10. The molecule has 0 saturated heterocycles. The SMILES string of the molecule is COc1cc2c(cc1N)N(C(=O)C(C)N(C)C)CC2. The van der Waals surface area contributed by atoms with E-state index in [-0.39, 0.29) is 11.9 Å². The third-order valence-corrected chi connectivity index (χ3v) is 3.72. The molecule has 0 radical (unpaired) electrons. The van der Waals surface area contributed by atoms with E-state index in [0.717, 1.165) is 17.7 Å². The zero-order valence-electron chi connectivity index (χ0n) is 11.9. The summed E-state index contributed by atoms with van der Waals surface area (Å²) in [7, 11) is 5.41. The van der Waals surface area contributed by atoms with E-state index in [1.807, 2.05) is 43.0 Å². The molecule has 1 amide bonds. The standard InChI is InChI=1S/C14H21N3O2/c1-9(16(2)3)14(18)17-6-5-10-7-13(19-4)11(15)8-12(10)17/h7-9H,5-6,15H2,1-4H3. The molecule has 1 aliphatic heterocycles. The molecule has 104 valence electrons. The van der Waals surface area contributed by atoms with Crippen LogP contribution in [0.5, 0.6) is 5.75 Å². The van der Waals surface area contributed by atoms with Crippen molar-refractivity contribution in [2.45, 2.75) is 19.4 Å². The summed E-state index contributed by atoms with van der Waals surface area (Å²) in [6, 6.07) is 3.62. The second kappa shape index (κ2) is 5.09. The van der Waals surface area contributed by atoms with Gasteiger partial charge < -0.3 is 15.4 Å². The summed E-state index contributed by atoms with van der Waals surface area (Å²) < 4.78 is 5.21. The minimum Gasteiger partial charge on any atom is -0.495 e. The molecule has 5 heteroatoms. The molecule has 2 N–H and O–H groups in total. The van der Waals surface area contributed by atoms with Crippen LogP contribution in [0.4, 0.5) is 11.4 Å². The van der Waals surface area contributed by atoms with Crippen molar-refractivity contribution in [1.29, 1.82) is 0 Å². The Bertz CT molecular complexity index is 500. The van der Waals surface area contributed by atoms with Crippen molar-refractivity contribution in [3.05, 3.63) is 17.7 Å². The molecule has 2 rings (SSSR count). The first kappa shape index (κ1) is 13.7. The molecular formula is C14H21N3O2. The average Bonchev–Trinajstić information content (AvgIpc) is 2.78. The topological polar surface area (TPSA) is 58.8 Å². The number of hydrogen-bond acceptors (Lipinski definition) is 4. The quantitative estimate of drug-likeness (QED) is 0.830.